The molecule has 2 rings (SSSR count). The van der Waals surface area contributed by atoms with Crippen molar-refractivity contribution in [2.45, 2.75) is 45.3 Å². The molecular formula is C16H26N2O. The third-order valence-electron chi connectivity index (χ3n) is 3.61. The van der Waals surface area contributed by atoms with E-state index in [-0.39, 0.29) is 6.10 Å². The molecule has 1 aromatic carbocycles. The van der Waals surface area contributed by atoms with Gasteiger partial charge in [-0.3, -0.25) is 0 Å². The lowest BCUT2D eigenvalue weighted by molar-refractivity contribution is 0.101. The minimum atomic E-state index is -0.382. The molecule has 1 heterocycles. The van der Waals surface area contributed by atoms with Crippen LogP contribution in [0.5, 0.6) is 0 Å². The molecule has 1 aliphatic rings. The van der Waals surface area contributed by atoms with Crippen molar-refractivity contribution < 1.29 is 5.11 Å². The van der Waals surface area contributed by atoms with Gasteiger partial charge >= 0.3 is 0 Å². The normalized spacial score (nSPS) is 18.5. The van der Waals surface area contributed by atoms with E-state index in [1.54, 1.807) is 0 Å². The van der Waals surface area contributed by atoms with Gasteiger partial charge < -0.3 is 15.3 Å². The lowest BCUT2D eigenvalue weighted by atomic mass is 10.1. The van der Waals surface area contributed by atoms with Gasteiger partial charge in [0.15, 0.2) is 0 Å². The average molecular weight is 262 g/mol. The van der Waals surface area contributed by atoms with Gasteiger partial charge in [0.05, 0.1) is 6.10 Å². The Morgan fingerprint density at radius 1 is 1.21 bits per heavy atom. The third-order valence-corrected chi connectivity index (χ3v) is 3.61. The molecule has 0 radical (unpaired) electrons. The number of hydrogen-bond donors (Lipinski definition) is 2. The summed E-state index contributed by atoms with van der Waals surface area (Å²) < 4.78 is 0. The highest BCUT2D eigenvalue weighted by atomic mass is 16.3. The molecule has 19 heavy (non-hydrogen) atoms. The second-order valence-electron chi connectivity index (χ2n) is 5.80. The maximum absolute atomic E-state index is 10.4. The predicted molar refractivity (Wildman–Crippen MR) is 80.5 cm³/mol. The quantitative estimate of drug-likeness (QED) is 0.856. The SMILES string of the molecule is CC(C)Nc1cccc(C(O)CN2CCCCC2)c1. The fourth-order valence-electron chi connectivity index (χ4n) is 2.66. The van der Waals surface area contributed by atoms with Gasteiger partial charge in [-0.1, -0.05) is 18.6 Å². The first-order valence-corrected chi connectivity index (χ1v) is 7.42. The van der Waals surface area contributed by atoms with Crippen LogP contribution in [0.1, 0.15) is 44.8 Å². The van der Waals surface area contributed by atoms with E-state index in [0.717, 1.165) is 30.9 Å². The number of aliphatic hydroxyl groups is 1. The second-order valence-corrected chi connectivity index (χ2v) is 5.80. The van der Waals surface area contributed by atoms with Crippen LogP contribution in [0.2, 0.25) is 0 Å². The summed E-state index contributed by atoms with van der Waals surface area (Å²) in [6.45, 7) is 7.25. The molecule has 3 heteroatoms. The molecule has 2 N–H and O–H groups in total. The molecule has 0 spiro atoms. The van der Waals surface area contributed by atoms with Gasteiger partial charge in [-0.2, -0.15) is 0 Å². The number of aliphatic hydroxyl groups excluding tert-OH is 1. The number of nitrogens with zero attached hydrogens (tertiary/aromatic N) is 1. The van der Waals surface area contributed by atoms with Gasteiger partial charge in [0.2, 0.25) is 0 Å². The second kappa shape index (κ2) is 6.92. The van der Waals surface area contributed by atoms with Crippen LogP contribution in [0.15, 0.2) is 24.3 Å². The molecule has 3 nitrogen and oxygen atoms in total. The Kier molecular flexibility index (Phi) is 5.23. The van der Waals surface area contributed by atoms with Crippen LogP contribution < -0.4 is 5.32 Å². The highest BCUT2D eigenvalue weighted by molar-refractivity contribution is 5.46. The molecule has 0 amide bonds. The molecule has 0 saturated carbocycles. The fraction of sp³-hybridized carbons (Fsp3) is 0.625. The molecular weight excluding hydrogens is 236 g/mol. The molecule has 1 aromatic rings. The van der Waals surface area contributed by atoms with E-state index < -0.39 is 0 Å². The number of β-amino-alcohol motifs (C(OH)–C–C–N with tert-alkyl or cyclic N) is 1. The van der Waals surface area contributed by atoms with Crippen LogP contribution >= 0.6 is 0 Å². The summed E-state index contributed by atoms with van der Waals surface area (Å²) in [5, 5.41) is 13.7. The van der Waals surface area contributed by atoms with Crippen molar-refractivity contribution in [3.05, 3.63) is 29.8 Å². The third kappa shape index (κ3) is 4.51. The average Bonchev–Trinajstić information content (AvgIpc) is 2.39. The van der Waals surface area contributed by atoms with Gasteiger partial charge in [0.1, 0.15) is 0 Å². The van der Waals surface area contributed by atoms with Crippen molar-refractivity contribution >= 4 is 5.69 Å². The van der Waals surface area contributed by atoms with Crippen molar-refractivity contribution in [1.82, 2.24) is 4.90 Å². The number of hydrogen-bond acceptors (Lipinski definition) is 3. The van der Waals surface area contributed by atoms with Crippen LogP contribution in [-0.4, -0.2) is 35.7 Å². The number of rotatable bonds is 5. The zero-order chi connectivity index (χ0) is 13.7. The first kappa shape index (κ1) is 14.4. The topological polar surface area (TPSA) is 35.5 Å². The van der Waals surface area contributed by atoms with Crippen molar-refractivity contribution in [1.29, 1.82) is 0 Å². The van der Waals surface area contributed by atoms with E-state index in [1.807, 2.05) is 12.1 Å². The summed E-state index contributed by atoms with van der Waals surface area (Å²) in [5.41, 5.74) is 2.10. The van der Waals surface area contributed by atoms with E-state index in [9.17, 15) is 5.11 Å². The summed E-state index contributed by atoms with van der Waals surface area (Å²) in [6, 6.07) is 8.56. The fourth-order valence-corrected chi connectivity index (χ4v) is 2.66. The van der Waals surface area contributed by atoms with Gasteiger partial charge in [-0.25, -0.2) is 0 Å². The lowest BCUT2D eigenvalue weighted by Gasteiger charge is -2.28. The zero-order valence-corrected chi connectivity index (χ0v) is 12.1. The van der Waals surface area contributed by atoms with Crippen molar-refractivity contribution in [3.63, 3.8) is 0 Å². The van der Waals surface area contributed by atoms with E-state index >= 15 is 0 Å². The predicted octanol–water partition coefficient (Wildman–Crippen LogP) is 3.03. The summed E-state index contributed by atoms with van der Waals surface area (Å²) in [7, 11) is 0. The van der Waals surface area contributed by atoms with E-state index in [1.165, 1.54) is 19.3 Å². The Labute approximate surface area is 116 Å². The molecule has 1 unspecified atom stereocenters. The minimum Gasteiger partial charge on any atom is -0.387 e. The van der Waals surface area contributed by atoms with Gasteiger partial charge in [-0.05, 0) is 57.5 Å². The van der Waals surface area contributed by atoms with Crippen molar-refractivity contribution in [2.24, 2.45) is 0 Å². The number of likely N-dealkylation sites (tertiary alicyclic amines) is 1. The molecule has 1 fully saturated rings. The van der Waals surface area contributed by atoms with Gasteiger partial charge in [0, 0.05) is 18.3 Å². The molecule has 0 bridgehead atoms. The highest BCUT2D eigenvalue weighted by Gasteiger charge is 2.16. The minimum absolute atomic E-state index is 0.382. The standard InChI is InChI=1S/C16H26N2O/c1-13(2)17-15-8-6-7-14(11-15)16(19)12-18-9-4-3-5-10-18/h6-8,11,13,16-17,19H,3-5,9-10,12H2,1-2H3. The van der Waals surface area contributed by atoms with Crippen LogP contribution in [0, 0.1) is 0 Å². The first-order chi connectivity index (χ1) is 9.15. The Balaban J connectivity index is 1.95. The van der Waals surface area contributed by atoms with Crippen LogP contribution in [0.25, 0.3) is 0 Å². The number of anilines is 1. The van der Waals surface area contributed by atoms with Gasteiger partial charge in [0.25, 0.3) is 0 Å². The summed E-state index contributed by atoms with van der Waals surface area (Å²) in [6.07, 6.45) is 3.48. The van der Waals surface area contributed by atoms with Crippen LogP contribution in [0.4, 0.5) is 5.69 Å². The van der Waals surface area contributed by atoms with Crippen molar-refractivity contribution in [2.75, 3.05) is 25.0 Å². The van der Waals surface area contributed by atoms with E-state index in [4.69, 9.17) is 0 Å². The van der Waals surface area contributed by atoms with Crippen molar-refractivity contribution in [3.8, 4) is 0 Å². The summed E-state index contributed by atoms with van der Waals surface area (Å²) >= 11 is 0. The maximum Gasteiger partial charge on any atom is 0.0917 e. The van der Waals surface area contributed by atoms with Crippen LogP contribution in [0.3, 0.4) is 0 Å². The van der Waals surface area contributed by atoms with E-state index in [0.29, 0.717) is 6.04 Å². The number of nitrogens with one attached hydrogen (secondary N) is 1. The maximum atomic E-state index is 10.4. The number of piperidine rings is 1. The Hall–Kier alpha value is -1.06. The monoisotopic (exact) mass is 262 g/mol. The van der Waals surface area contributed by atoms with E-state index in [2.05, 4.69) is 36.2 Å². The molecule has 1 atom stereocenters. The Morgan fingerprint density at radius 2 is 1.95 bits per heavy atom. The smallest absolute Gasteiger partial charge is 0.0917 e. The number of benzene rings is 1. The molecule has 0 aliphatic carbocycles. The molecule has 1 saturated heterocycles. The summed E-state index contributed by atoms with van der Waals surface area (Å²) in [5.74, 6) is 0. The molecule has 1 aliphatic heterocycles. The highest BCUT2D eigenvalue weighted by Crippen LogP contribution is 2.20. The Bertz CT molecular complexity index is 386. The molecule has 106 valence electrons. The molecule has 0 aromatic heterocycles. The zero-order valence-electron chi connectivity index (χ0n) is 12.1. The van der Waals surface area contributed by atoms with Gasteiger partial charge in [-0.15, -0.1) is 0 Å². The summed E-state index contributed by atoms with van der Waals surface area (Å²) in [4.78, 5) is 2.37. The van der Waals surface area contributed by atoms with Crippen LogP contribution in [-0.2, 0) is 0 Å². The first-order valence-electron chi connectivity index (χ1n) is 7.42. The lowest BCUT2D eigenvalue weighted by Crippen LogP contribution is -2.33. The largest absolute Gasteiger partial charge is 0.387 e. The Morgan fingerprint density at radius 3 is 2.63 bits per heavy atom.